The van der Waals surface area contributed by atoms with Gasteiger partial charge in [0.1, 0.15) is 17.6 Å². The van der Waals surface area contributed by atoms with Crippen LogP contribution in [-0.4, -0.2) is 47.9 Å². The van der Waals surface area contributed by atoms with Crippen LogP contribution in [0.25, 0.3) is 0 Å². The summed E-state index contributed by atoms with van der Waals surface area (Å²) in [4.78, 5) is 37.9. The van der Waals surface area contributed by atoms with Crippen LogP contribution in [-0.2, 0) is 9.63 Å². The van der Waals surface area contributed by atoms with Crippen molar-refractivity contribution in [3.05, 3.63) is 54.1 Å². The molecule has 1 fully saturated rings. The topological polar surface area (TPSA) is 83.5 Å². The lowest BCUT2D eigenvalue weighted by Crippen LogP contribution is -2.40. The molecule has 0 bridgehead atoms. The molecule has 2 unspecified atom stereocenters. The van der Waals surface area contributed by atoms with Crippen molar-refractivity contribution in [3.8, 4) is 5.75 Å². The number of para-hydroxylation sites is 1. The Balaban J connectivity index is 1.49. The summed E-state index contributed by atoms with van der Waals surface area (Å²) in [6, 6.07) is 10.9. The lowest BCUT2D eigenvalue weighted by atomic mass is 10.2. The molecule has 0 aliphatic carbocycles. The minimum atomic E-state index is -4.43. The van der Waals surface area contributed by atoms with E-state index < -0.39 is 29.7 Å². The van der Waals surface area contributed by atoms with Gasteiger partial charge in [0.15, 0.2) is 0 Å². The molecule has 2 aliphatic heterocycles. The number of hydrogen-bond donors (Lipinski definition) is 1. The van der Waals surface area contributed by atoms with Crippen LogP contribution in [0.2, 0.25) is 0 Å². The number of thioether (sulfide) groups is 1. The van der Waals surface area contributed by atoms with Crippen molar-refractivity contribution in [1.82, 2.24) is 10.4 Å². The van der Waals surface area contributed by atoms with Gasteiger partial charge in [0.25, 0.3) is 5.91 Å². The van der Waals surface area contributed by atoms with E-state index in [-0.39, 0.29) is 28.9 Å². The predicted octanol–water partition coefficient (Wildman–Crippen LogP) is 4.10. The molecule has 1 saturated heterocycles. The second kappa shape index (κ2) is 8.94. The number of amides is 3. The molecule has 174 valence electrons. The van der Waals surface area contributed by atoms with Gasteiger partial charge in [-0.15, -0.1) is 0 Å². The minimum absolute atomic E-state index is 0.0180. The van der Waals surface area contributed by atoms with Gasteiger partial charge in [0.05, 0.1) is 19.3 Å². The van der Waals surface area contributed by atoms with Crippen LogP contribution in [0.3, 0.4) is 0 Å². The summed E-state index contributed by atoms with van der Waals surface area (Å²) in [5.74, 6) is 0.447. The summed E-state index contributed by atoms with van der Waals surface area (Å²) in [6.07, 6.45) is -0.686. The number of aliphatic imine (C=N–C) groups is 1. The highest BCUT2D eigenvalue weighted by molar-refractivity contribution is 8.00. The van der Waals surface area contributed by atoms with E-state index in [0.717, 1.165) is 4.90 Å². The number of carbonyl (C=O) groups is 2. The molecule has 2 aromatic carbocycles. The summed E-state index contributed by atoms with van der Waals surface area (Å²) in [6.45, 7) is 1.55. The number of carbonyl (C=O) groups excluding carboxylic acids is 2. The summed E-state index contributed by atoms with van der Waals surface area (Å²) in [7, 11) is 1.53. The van der Waals surface area contributed by atoms with Crippen molar-refractivity contribution in [2.24, 2.45) is 4.99 Å². The van der Waals surface area contributed by atoms with Gasteiger partial charge in [-0.1, -0.05) is 18.2 Å². The van der Waals surface area contributed by atoms with E-state index in [2.05, 4.69) is 10.5 Å². The van der Waals surface area contributed by atoms with Gasteiger partial charge in [-0.3, -0.25) is 4.79 Å². The molecule has 1 N–H and O–H groups in total. The zero-order valence-electron chi connectivity index (χ0n) is 17.5. The van der Waals surface area contributed by atoms with E-state index in [4.69, 9.17) is 9.57 Å². The standard InChI is InChI=1S/C21H19F3N4O4S/c1-12-19(29)28(13-7-9-14(10-8-13)33-21(22,23)24)20(30)27(12)11-17-25-18(32-26-17)15-5-3-4-6-16(15)31-2/h3-10,12,18H,11H2,1-2H3,(H,25,26). The van der Waals surface area contributed by atoms with Crippen LogP contribution >= 0.6 is 11.8 Å². The van der Waals surface area contributed by atoms with Crippen molar-refractivity contribution < 1.29 is 32.3 Å². The first-order chi connectivity index (χ1) is 15.7. The number of halogens is 3. The Bertz CT molecular complexity index is 1090. The van der Waals surface area contributed by atoms with Crippen LogP contribution in [0.5, 0.6) is 5.75 Å². The quantitative estimate of drug-likeness (QED) is 0.495. The molecule has 2 atom stereocenters. The third-order valence-electron chi connectivity index (χ3n) is 5.10. The first kappa shape index (κ1) is 22.9. The number of methoxy groups -OCH3 is 1. The SMILES string of the molecule is COc1ccccc1C1N=C(CN2C(=O)N(c3ccc(SC(F)(F)F)cc3)C(=O)C2C)NO1. The normalized spacial score (nSPS) is 20.8. The third-order valence-corrected chi connectivity index (χ3v) is 5.84. The van der Waals surface area contributed by atoms with Crippen molar-refractivity contribution in [2.45, 2.75) is 29.6 Å². The predicted molar refractivity (Wildman–Crippen MR) is 115 cm³/mol. The maximum absolute atomic E-state index is 13.0. The average molecular weight is 480 g/mol. The van der Waals surface area contributed by atoms with E-state index in [1.807, 2.05) is 12.1 Å². The zero-order chi connectivity index (χ0) is 23.8. The van der Waals surface area contributed by atoms with Crippen molar-refractivity contribution in [1.29, 1.82) is 0 Å². The Morgan fingerprint density at radius 1 is 1.15 bits per heavy atom. The zero-order valence-corrected chi connectivity index (χ0v) is 18.3. The number of nitrogens with zero attached hydrogens (tertiary/aromatic N) is 3. The molecule has 0 aromatic heterocycles. The van der Waals surface area contributed by atoms with Crippen LogP contribution in [0.1, 0.15) is 18.7 Å². The molecule has 0 spiro atoms. The van der Waals surface area contributed by atoms with Crippen molar-refractivity contribution >= 4 is 35.2 Å². The second-order valence-electron chi connectivity index (χ2n) is 7.19. The summed E-state index contributed by atoms with van der Waals surface area (Å²) in [5, 5.41) is 0. The third kappa shape index (κ3) is 4.76. The number of benzene rings is 2. The first-order valence-corrected chi connectivity index (χ1v) is 10.6. The molecule has 2 aliphatic rings. The highest BCUT2D eigenvalue weighted by Gasteiger charge is 2.44. The molecule has 0 radical (unpaired) electrons. The Kier molecular flexibility index (Phi) is 6.21. The highest BCUT2D eigenvalue weighted by Crippen LogP contribution is 2.38. The molecule has 12 heteroatoms. The fourth-order valence-electron chi connectivity index (χ4n) is 3.50. The van der Waals surface area contributed by atoms with Gasteiger partial charge < -0.3 is 9.64 Å². The van der Waals surface area contributed by atoms with E-state index in [1.54, 1.807) is 19.1 Å². The number of nitrogens with one attached hydrogen (secondary N) is 1. The number of ether oxygens (including phenoxy) is 1. The highest BCUT2D eigenvalue weighted by atomic mass is 32.2. The smallest absolute Gasteiger partial charge is 0.446 e. The van der Waals surface area contributed by atoms with E-state index in [1.165, 1.54) is 36.3 Å². The lowest BCUT2D eigenvalue weighted by molar-refractivity contribution is -0.119. The van der Waals surface area contributed by atoms with E-state index >= 15 is 0 Å². The monoisotopic (exact) mass is 480 g/mol. The molecule has 3 amide bonds. The molecule has 2 aromatic rings. The molecule has 33 heavy (non-hydrogen) atoms. The van der Waals surface area contributed by atoms with E-state index in [9.17, 15) is 22.8 Å². The number of rotatable bonds is 6. The Morgan fingerprint density at radius 2 is 1.85 bits per heavy atom. The van der Waals surface area contributed by atoms with Gasteiger partial charge in [-0.25, -0.2) is 25.0 Å². The first-order valence-electron chi connectivity index (χ1n) is 9.79. The molecule has 8 nitrogen and oxygen atoms in total. The van der Waals surface area contributed by atoms with Gasteiger partial charge in [-0.05, 0) is 49.0 Å². The fraction of sp³-hybridized carbons (Fsp3) is 0.286. The number of urea groups is 1. The van der Waals surface area contributed by atoms with Crippen molar-refractivity contribution in [2.75, 3.05) is 18.6 Å². The lowest BCUT2D eigenvalue weighted by Gasteiger charge is -2.19. The van der Waals surface area contributed by atoms with Gasteiger partial charge >= 0.3 is 11.5 Å². The maximum Gasteiger partial charge on any atom is 0.446 e. The average Bonchev–Trinajstić information content (AvgIpc) is 3.32. The van der Waals surface area contributed by atoms with Gasteiger partial charge in [0, 0.05) is 10.5 Å². The summed E-state index contributed by atoms with van der Waals surface area (Å²) in [5.41, 5.74) is -0.859. The Labute approximate surface area is 191 Å². The molecule has 4 rings (SSSR count). The summed E-state index contributed by atoms with van der Waals surface area (Å²) >= 11 is -0.269. The van der Waals surface area contributed by atoms with Gasteiger partial charge in [-0.2, -0.15) is 13.2 Å². The van der Waals surface area contributed by atoms with Crippen LogP contribution < -0.4 is 15.1 Å². The number of imide groups is 1. The molecular formula is C21H19F3N4O4S. The molecule has 2 heterocycles. The van der Waals surface area contributed by atoms with E-state index in [0.29, 0.717) is 17.1 Å². The number of anilines is 1. The fourth-order valence-corrected chi connectivity index (χ4v) is 4.04. The Morgan fingerprint density at radius 3 is 2.52 bits per heavy atom. The van der Waals surface area contributed by atoms with Crippen LogP contribution in [0.4, 0.5) is 23.7 Å². The molecule has 0 saturated carbocycles. The number of hydrogen-bond acceptors (Lipinski definition) is 7. The largest absolute Gasteiger partial charge is 0.496 e. The number of amidine groups is 1. The summed E-state index contributed by atoms with van der Waals surface area (Å²) < 4.78 is 43.0. The van der Waals surface area contributed by atoms with Crippen LogP contribution in [0.15, 0.2) is 58.4 Å². The molecular weight excluding hydrogens is 461 g/mol. The maximum atomic E-state index is 13.0. The number of alkyl halides is 3. The van der Waals surface area contributed by atoms with Gasteiger partial charge in [0.2, 0.25) is 6.23 Å². The Hall–Kier alpha value is -3.25. The second-order valence-corrected chi connectivity index (χ2v) is 8.33. The minimum Gasteiger partial charge on any atom is -0.496 e. The van der Waals surface area contributed by atoms with Crippen molar-refractivity contribution in [3.63, 3.8) is 0 Å². The van der Waals surface area contributed by atoms with Crippen LogP contribution in [0, 0.1) is 0 Å². The number of hydroxylamine groups is 1.